The van der Waals surface area contributed by atoms with E-state index >= 15 is 0 Å². The summed E-state index contributed by atoms with van der Waals surface area (Å²) >= 11 is 4.16. The molecule has 1 unspecified atom stereocenters. The highest BCUT2D eigenvalue weighted by Crippen LogP contribution is 2.44. The number of allylic oxidation sites excluding steroid dienone is 5. The van der Waals surface area contributed by atoms with E-state index in [1.807, 2.05) is 12.2 Å². The molecule has 0 nitrogen and oxygen atoms in total. The van der Waals surface area contributed by atoms with Crippen molar-refractivity contribution in [2.24, 2.45) is 5.41 Å². The van der Waals surface area contributed by atoms with Crippen molar-refractivity contribution in [3.05, 3.63) is 36.5 Å². The molecule has 0 aromatic carbocycles. The molecule has 1 rings (SSSR count). The summed E-state index contributed by atoms with van der Waals surface area (Å²) in [5, 5.41) is 0.892. The summed E-state index contributed by atoms with van der Waals surface area (Å²) < 4.78 is 0.266. The predicted octanol–water partition coefficient (Wildman–Crippen LogP) is 5.33. The minimum atomic E-state index is 0.0685. The number of terminal acetylenes is 1. The molecule has 0 bridgehead atoms. The molecular formula is C18H26S2. The lowest BCUT2D eigenvalue weighted by Gasteiger charge is -2.35. The summed E-state index contributed by atoms with van der Waals surface area (Å²) in [6, 6.07) is 0. The minimum absolute atomic E-state index is 0.0685. The van der Waals surface area contributed by atoms with Gasteiger partial charge in [0.2, 0.25) is 0 Å². The predicted molar refractivity (Wildman–Crippen MR) is 97.4 cm³/mol. The number of thioether (sulfide) groups is 2. The average Bonchev–Trinajstić information content (AvgIpc) is 3.14. The molecule has 0 aliphatic carbocycles. The van der Waals surface area contributed by atoms with Crippen LogP contribution in [0.15, 0.2) is 36.5 Å². The Morgan fingerprint density at radius 2 is 2.10 bits per heavy atom. The molecule has 0 aromatic heterocycles. The quantitative estimate of drug-likeness (QED) is 0.337. The van der Waals surface area contributed by atoms with Crippen molar-refractivity contribution in [3.63, 3.8) is 0 Å². The van der Waals surface area contributed by atoms with Crippen molar-refractivity contribution >= 4 is 23.5 Å². The summed E-state index contributed by atoms with van der Waals surface area (Å²) in [5.74, 6) is 5.28. The molecule has 1 fully saturated rings. The summed E-state index contributed by atoms with van der Waals surface area (Å²) in [5.41, 5.74) is 1.27. The number of rotatable bonds is 8. The van der Waals surface area contributed by atoms with E-state index in [-0.39, 0.29) is 10.2 Å². The van der Waals surface area contributed by atoms with Gasteiger partial charge in [0, 0.05) is 21.5 Å². The normalized spacial score (nSPS) is 19.9. The van der Waals surface area contributed by atoms with E-state index in [2.05, 4.69) is 69.8 Å². The van der Waals surface area contributed by atoms with Gasteiger partial charge >= 0.3 is 0 Å². The van der Waals surface area contributed by atoms with Crippen LogP contribution in [0.1, 0.15) is 34.1 Å². The van der Waals surface area contributed by atoms with Gasteiger partial charge in [-0.2, -0.15) is 23.5 Å². The van der Waals surface area contributed by atoms with Gasteiger partial charge in [-0.3, -0.25) is 0 Å². The van der Waals surface area contributed by atoms with E-state index in [0.29, 0.717) is 0 Å². The lowest BCUT2D eigenvalue weighted by atomic mass is 9.76. The molecule has 0 amide bonds. The fourth-order valence-corrected chi connectivity index (χ4v) is 4.64. The molecule has 0 aromatic rings. The SMILES string of the molecule is C#C/C=C(\C=C/C=C)C(C)(C)CC(C)(C)SCC1CS1. The molecule has 0 N–H and O–H groups in total. The second kappa shape index (κ2) is 7.48. The van der Waals surface area contributed by atoms with Crippen LogP contribution >= 0.6 is 23.5 Å². The molecule has 1 atom stereocenters. The highest BCUT2D eigenvalue weighted by Gasteiger charge is 2.33. The Morgan fingerprint density at radius 3 is 2.60 bits per heavy atom. The molecule has 1 saturated heterocycles. The summed E-state index contributed by atoms with van der Waals surface area (Å²) in [7, 11) is 0. The molecule has 110 valence electrons. The van der Waals surface area contributed by atoms with Crippen LogP contribution in [-0.2, 0) is 0 Å². The van der Waals surface area contributed by atoms with Crippen molar-refractivity contribution in [3.8, 4) is 12.3 Å². The average molecular weight is 307 g/mol. The first-order valence-corrected chi connectivity index (χ1v) is 9.05. The van der Waals surface area contributed by atoms with Crippen LogP contribution in [0.4, 0.5) is 0 Å². The van der Waals surface area contributed by atoms with Gasteiger partial charge in [0.15, 0.2) is 0 Å². The Morgan fingerprint density at radius 1 is 1.45 bits per heavy atom. The Kier molecular flexibility index (Phi) is 6.55. The molecule has 20 heavy (non-hydrogen) atoms. The Bertz CT molecular complexity index is 429. The van der Waals surface area contributed by atoms with Crippen molar-refractivity contribution in [1.82, 2.24) is 0 Å². The van der Waals surface area contributed by atoms with E-state index in [1.54, 1.807) is 6.08 Å². The lowest BCUT2D eigenvalue weighted by molar-refractivity contribution is 0.373. The Labute approximate surface area is 133 Å². The van der Waals surface area contributed by atoms with Crippen molar-refractivity contribution in [2.75, 3.05) is 11.5 Å². The number of hydrogen-bond donors (Lipinski definition) is 0. The summed E-state index contributed by atoms with van der Waals surface area (Å²) in [4.78, 5) is 0. The fourth-order valence-electron chi connectivity index (χ4n) is 2.43. The summed E-state index contributed by atoms with van der Waals surface area (Å²) in [6.07, 6.45) is 14.3. The van der Waals surface area contributed by atoms with Gasteiger partial charge in [0.25, 0.3) is 0 Å². The molecule has 1 aliphatic heterocycles. The first kappa shape index (κ1) is 17.5. The Balaban J connectivity index is 2.73. The zero-order chi connectivity index (χ0) is 15.2. The highest BCUT2D eigenvalue weighted by molar-refractivity contribution is 8.09. The van der Waals surface area contributed by atoms with Crippen LogP contribution in [0.5, 0.6) is 0 Å². The first-order chi connectivity index (χ1) is 9.30. The molecule has 0 spiro atoms. The standard InChI is InChI=1S/C18H26S2/c1-7-9-11-15(10-8-2)17(3,4)14-18(5,6)20-13-16-12-19-16/h2,7,9-11,16H,1,12-14H2,3-6H3/b11-9-,15-10+. The second-order valence-corrected chi connectivity index (χ2v) is 9.51. The number of hydrogen-bond acceptors (Lipinski definition) is 2. The van der Waals surface area contributed by atoms with E-state index in [1.165, 1.54) is 17.1 Å². The van der Waals surface area contributed by atoms with Gasteiger partial charge < -0.3 is 0 Å². The zero-order valence-corrected chi connectivity index (χ0v) is 14.7. The van der Waals surface area contributed by atoms with Crippen LogP contribution in [0, 0.1) is 17.8 Å². The van der Waals surface area contributed by atoms with Crippen molar-refractivity contribution < 1.29 is 0 Å². The highest BCUT2D eigenvalue weighted by atomic mass is 32.2. The maximum Gasteiger partial charge on any atom is 0.0229 e. The van der Waals surface area contributed by atoms with Gasteiger partial charge in [-0.15, -0.1) is 6.42 Å². The van der Waals surface area contributed by atoms with Gasteiger partial charge in [-0.1, -0.05) is 58.4 Å². The Hall–Kier alpha value is -0.520. The van der Waals surface area contributed by atoms with E-state index < -0.39 is 0 Å². The van der Waals surface area contributed by atoms with Gasteiger partial charge in [0.1, 0.15) is 0 Å². The van der Waals surface area contributed by atoms with Gasteiger partial charge in [0.05, 0.1) is 0 Å². The third-order valence-electron chi connectivity index (χ3n) is 3.36. The van der Waals surface area contributed by atoms with Crippen molar-refractivity contribution in [1.29, 1.82) is 0 Å². The maximum absolute atomic E-state index is 5.47. The van der Waals surface area contributed by atoms with Crippen LogP contribution in [0.2, 0.25) is 0 Å². The largest absolute Gasteiger partial charge is 0.156 e. The molecule has 0 radical (unpaired) electrons. The maximum atomic E-state index is 5.47. The van der Waals surface area contributed by atoms with Crippen LogP contribution in [-0.4, -0.2) is 21.5 Å². The smallest absolute Gasteiger partial charge is 0.0229 e. The lowest BCUT2D eigenvalue weighted by Crippen LogP contribution is -2.27. The van der Waals surface area contributed by atoms with Gasteiger partial charge in [-0.25, -0.2) is 0 Å². The summed E-state index contributed by atoms with van der Waals surface area (Å²) in [6.45, 7) is 13.0. The molecule has 1 aliphatic rings. The molecule has 2 heteroatoms. The second-order valence-electron chi connectivity index (χ2n) is 6.45. The third-order valence-corrected chi connectivity index (χ3v) is 6.04. The van der Waals surface area contributed by atoms with Crippen LogP contribution in [0.3, 0.4) is 0 Å². The first-order valence-electron chi connectivity index (χ1n) is 7.02. The topological polar surface area (TPSA) is 0 Å². The molecule has 1 heterocycles. The zero-order valence-electron chi connectivity index (χ0n) is 13.1. The van der Waals surface area contributed by atoms with E-state index in [4.69, 9.17) is 6.42 Å². The van der Waals surface area contributed by atoms with Gasteiger partial charge in [-0.05, 0) is 23.5 Å². The van der Waals surface area contributed by atoms with Crippen LogP contribution < -0.4 is 0 Å². The van der Waals surface area contributed by atoms with E-state index in [0.717, 1.165) is 11.7 Å². The third kappa shape index (κ3) is 6.29. The van der Waals surface area contributed by atoms with Crippen molar-refractivity contribution in [2.45, 2.75) is 44.1 Å². The molecular weight excluding hydrogens is 280 g/mol. The fraction of sp³-hybridized carbons (Fsp3) is 0.556. The van der Waals surface area contributed by atoms with Crippen LogP contribution in [0.25, 0.3) is 0 Å². The monoisotopic (exact) mass is 306 g/mol. The molecule has 0 saturated carbocycles. The minimum Gasteiger partial charge on any atom is -0.156 e. The van der Waals surface area contributed by atoms with E-state index in [9.17, 15) is 0 Å².